The molecule has 0 aliphatic carbocycles. The number of aromatic amines is 1. The van der Waals surface area contributed by atoms with Gasteiger partial charge in [0.05, 0.1) is 35.4 Å². The molecule has 0 unspecified atom stereocenters. The lowest BCUT2D eigenvalue weighted by molar-refractivity contribution is -0.137. The monoisotopic (exact) mass is 395 g/mol. The van der Waals surface area contributed by atoms with Crippen molar-refractivity contribution in [3.8, 4) is 17.0 Å². The Morgan fingerprint density at radius 2 is 2.04 bits per heavy atom. The first kappa shape index (κ1) is 18.6. The van der Waals surface area contributed by atoms with Crippen LogP contribution in [0.3, 0.4) is 0 Å². The van der Waals surface area contributed by atoms with Crippen molar-refractivity contribution in [3.63, 3.8) is 0 Å². The molecule has 1 fully saturated rings. The van der Waals surface area contributed by atoms with Gasteiger partial charge in [-0.2, -0.15) is 13.2 Å². The molecule has 1 saturated heterocycles. The molecule has 0 bridgehead atoms. The summed E-state index contributed by atoms with van der Waals surface area (Å²) in [6, 6.07) is 0.161. The van der Waals surface area contributed by atoms with E-state index in [9.17, 15) is 13.2 Å². The van der Waals surface area contributed by atoms with Gasteiger partial charge >= 0.3 is 6.18 Å². The predicted molar refractivity (Wildman–Crippen MR) is 97.5 cm³/mol. The SMILES string of the molecule is CNc1c(C(F)(F)F)cnc2[nH]cc(-c3cn(C4CCOCC4)nc3OC)c12. The zero-order valence-corrected chi connectivity index (χ0v) is 15.4. The number of fused-ring (bicyclic) bond motifs is 1. The van der Waals surface area contributed by atoms with Gasteiger partial charge in [-0.05, 0) is 12.8 Å². The van der Waals surface area contributed by atoms with E-state index in [1.54, 1.807) is 6.20 Å². The topological polar surface area (TPSA) is 77.0 Å². The molecular formula is C18H20F3N5O2. The van der Waals surface area contributed by atoms with Gasteiger partial charge in [-0.25, -0.2) is 4.98 Å². The van der Waals surface area contributed by atoms with Crippen molar-refractivity contribution in [1.29, 1.82) is 0 Å². The third-order valence-corrected chi connectivity index (χ3v) is 5.00. The summed E-state index contributed by atoms with van der Waals surface area (Å²) in [6.07, 6.45) is 1.39. The summed E-state index contributed by atoms with van der Waals surface area (Å²) in [4.78, 5) is 6.90. The Hall–Kier alpha value is -2.75. The standard InChI is InChI=1S/C18H20F3N5O2/c1-22-15-13(18(19,20)21)8-24-16-14(15)11(7-23-16)12-9-26(25-17(12)27-2)10-3-5-28-6-4-10/h7-10H,3-6H2,1-2H3,(H2,22,23,24). The minimum absolute atomic E-state index is 0.0328. The van der Waals surface area contributed by atoms with Gasteiger partial charge in [0, 0.05) is 44.4 Å². The second kappa shape index (κ2) is 7.01. The van der Waals surface area contributed by atoms with Gasteiger partial charge < -0.3 is 19.8 Å². The summed E-state index contributed by atoms with van der Waals surface area (Å²) in [6.45, 7) is 1.30. The number of alkyl halides is 3. The van der Waals surface area contributed by atoms with E-state index in [1.807, 2.05) is 10.9 Å². The fourth-order valence-corrected chi connectivity index (χ4v) is 3.63. The van der Waals surface area contributed by atoms with Crippen LogP contribution in [-0.2, 0) is 10.9 Å². The predicted octanol–water partition coefficient (Wildman–Crippen LogP) is 3.85. The Morgan fingerprint density at radius 1 is 1.29 bits per heavy atom. The van der Waals surface area contributed by atoms with Gasteiger partial charge in [0.25, 0.3) is 0 Å². The van der Waals surface area contributed by atoms with Gasteiger partial charge in [-0.15, -0.1) is 5.10 Å². The number of methoxy groups -OCH3 is 1. The Bertz CT molecular complexity index is 989. The lowest BCUT2D eigenvalue weighted by Crippen LogP contribution is -2.19. The molecule has 2 N–H and O–H groups in total. The van der Waals surface area contributed by atoms with Crippen LogP contribution in [-0.4, -0.2) is 47.1 Å². The van der Waals surface area contributed by atoms with E-state index in [2.05, 4.69) is 20.4 Å². The molecule has 0 amide bonds. The number of anilines is 1. The Kier molecular flexibility index (Phi) is 4.66. The summed E-state index contributed by atoms with van der Waals surface area (Å²) in [5.74, 6) is 0.354. The highest BCUT2D eigenvalue weighted by molar-refractivity contribution is 6.04. The van der Waals surface area contributed by atoms with Crippen LogP contribution < -0.4 is 10.1 Å². The number of hydrogen-bond acceptors (Lipinski definition) is 5. The van der Waals surface area contributed by atoms with Gasteiger partial charge in [0.15, 0.2) is 0 Å². The molecule has 0 spiro atoms. The summed E-state index contributed by atoms with van der Waals surface area (Å²) < 4.78 is 53.0. The second-order valence-corrected chi connectivity index (χ2v) is 6.60. The number of aromatic nitrogens is 4. The normalized spacial score (nSPS) is 15.9. The summed E-state index contributed by atoms with van der Waals surface area (Å²) in [5.41, 5.74) is 0.660. The second-order valence-electron chi connectivity index (χ2n) is 6.60. The Balaban J connectivity index is 1.88. The van der Waals surface area contributed by atoms with Crippen LogP contribution in [0, 0.1) is 0 Å². The Labute approximate surface area is 158 Å². The highest BCUT2D eigenvalue weighted by Crippen LogP contribution is 2.43. The smallest absolute Gasteiger partial charge is 0.419 e. The minimum atomic E-state index is -4.52. The molecule has 0 atom stereocenters. The van der Waals surface area contributed by atoms with Crippen molar-refractivity contribution in [2.45, 2.75) is 25.1 Å². The molecular weight excluding hydrogens is 375 g/mol. The van der Waals surface area contributed by atoms with Crippen molar-refractivity contribution in [2.24, 2.45) is 0 Å². The van der Waals surface area contributed by atoms with Crippen LogP contribution in [0.4, 0.5) is 18.9 Å². The molecule has 0 radical (unpaired) electrons. The highest BCUT2D eigenvalue weighted by Gasteiger charge is 2.36. The molecule has 4 heterocycles. The average molecular weight is 395 g/mol. The average Bonchev–Trinajstić information content (AvgIpc) is 3.30. The molecule has 0 aromatic carbocycles. The zero-order chi connectivity index (χ0) is 19.9. The van der Waals surface area contributed by atoms with Crippen molar-refractivity contribution >= 4 is 16.7 Å². The minimum Gasteiger partial charge on any atom is -0.479 e. The van der Waals surface area contributed by atoms with E-state index in [4.69, 9.17) is 9.47 Å². The molecule has 3 aromatic heterocycles. The number of halogens is 3. The molecule has 0 saturated carbocycles. The lowest BCUT2D eigenvalue weighted by Gasteiger charge is -2.22. The quantitative estimate of drug-likeness (QED) is 0.702. The van der Waals surface area contributed by atoms with Gasteiger partial charge in [0.1, 0.15) is 5.65 Å². The van der Waals surface area contributed by atoms with Crippen LogP contribution in [0.25, 0.3) is 22.2 Å². The third-order valence-electron chi connectivity index (χ3n) is 5.00. The van der Waals surface area contributed by atoms with Crippen molar-refractivity contribution in [1.82, 2.24) is 19.7 Å². The Morgan fingerprint density at radius 3 is 2.68 bits per heavy atom. The molecule has 1 aliphatic heterocycles. The van der Waals surface area contributed by atoms with E-state index >= 15 is 0 Å². The number of nitrogens with zero attached hydrogens (tertiary/aromatic N) is 3. The van der Waals surface area contributed by atoms with Crippen molar-refractivity contribution < 1.29 is 22.6 Å². The first-order chi connectivity index (χ1) is 13.4. The number of hydrogen-bond donors (Lipinski definition) is 2. The molecule has 1 aliphatic rings. The molecule has 10 heteroatoms. The lowest BCUT2D eigenvalue weighted by atomic mass is 10.0. The fourth-order valence-electron chi connectivity index (χ4n) is 3.63. The van der Waals surface area contributed by atoms with Gasteiger partial charge in [-0.1, -0.05) is 0 Å². The van der Waals surface area contributed by atoms with Crippen LogP contribution >= 0.6 is 0 Å². The first-order valence-corrected chi connectivity index (χ1v) is 8.90. The van der Waals surface area contributed by atoms with E-state index in [-0.39, 0.29) is 11.7 Å². The van der Waals surface area contributed by atoms with Crippen LogP contribution in [0.15, 0.2) is 18.6 Å². The van der Waals surface area contributed by atoms with E-state index < -0.39 is 11.7 Å². The summed E-state index contributed by atoms with van der Waals surface area (Å²) in [5, 5.41) is 7.54. The number of H-pyrrole nitrogens is 1. The van der Waals surface area contributed by atoms with Crippen molar-refractivity contribution in [2.75, 3.05) is 32.7 Å². The summed E-state index contributed by atoms with van der Waals surface area (Å²) >= 11 is 0. The van der Waals surface area contributed by atoms with E-state index in [0.29, 0.717) is 41.3 Å². The maximum Gasteiger partial charge on any atom is 0.419 e. The molecule has 4 rings (SSSR count). The largest absolute Gasteiger partial charge is 0.479 e. The zero-order valence-electron chi connectivity index (χ0n) is 15.4. The summed E-state index contributed by atoms with van der Waals surface area (Å²) in [7, 11) is 2.96. The maximum atomic E-state index is 13.5. The maximum absolute atomic E-state index is 13.5. The van der Waals surface area contributed by atoms with Crippen LogP contribution in [0.2, 0.25) is 0 Å². The number of ether oxygens (including phenoxy) is 2. The first-order valence-electron chi connectivity index (χ1n) is 8.90. The van der Waals surface area contributed by atoms with Crippen molar-refractivity contribution in [3.05, 3.63) is 24.2 Å². The number of pyridine rings is 1. The molecule has 3 aromatic rings. The fraction of sp³-hybridized carbons (Fsp3) is 0.444. The van der Waals surface area contributed by atoms with Crippen LogP contribution in [0.5, 0.6) is 5.88 Å². The van der Waals surface area contributed by atoms with E-state index in [1.165, 1.54) is 14.2 Å². The van der Waals surface area contributed by atoms with Gasteiger partial charge in [-0.3, -0.25) is 4.68 Å². The molecule has 28 heavy (non-hydrogen) atoms. The van der Waals surface area contributed by atoms with Crippen LogP contribution in [0.1, 0.15) is 24.4 Å². The molecule has 150 valence electrons. The molecule has 7 nitrogen and oxygen atoms in total. The highest BCUT2D eigenvalue weighted by atomic mass is 19.4. The number of nitrogens with one attached hydrogen (secondary N) is 2. The number of rotatable bonds is 4. The van der Waals surface area contributed by atoms with E-state index in [0.717, 1.165) is 19.0 Å². The van der Waals surface area contributed by atoms with Gasteiger partial charge in [0.2, 0.25) is 5.88 Å². The third kappa shape index (κ3) is 3.07.